The number of rotatable bonds is 1. The highest BCUT2D eigenvalue weighted by atomic mass is 16.3. The fraction of sp³-hybridized carbons (Fsp3) is 0. The Labute approximate surface area is 78.8 Å². The van der Waals surface area contributed by atoms with E-state index in [0.717, 1.165) is 4.68 Å². The first kappa shape index (κ1) is 10.0. The van der Waals surface area contributed by atoms with Crippen molar-refractivity contribution in [1.29, 1.82) is 5.53 Å². The van der Waals surface area contributed by atoms with E-state index in [1.807, 2.05) is 0 Å². The van der Waals surface area contributed by atoms with Crippen LogP contribution in [0.1, 0.15) is 0 Å². The van der Waals surface area contributed by atoms with E-state index >= 15 is 0 Å². The van der Waals surface area contributed by atoms with Gasteiger partial charge < -0.3 is 15.7 Å². The molecule has 0 aliphatic rings. The van der Waals surface area contributed by atoms with Gasteiger partial charge in [0.05, 0.1) is 5.52 Å². The van der Waals surface area contributed by atoms with Crippen LogP contribution in [0.5, 0.6) is 11.6 Å². The average Bonchev–Trinajstić information content (AvgIpc) is 2.41. The van der Waals surface area contributed by atoms with Gasteiger partial charge in [0.1, 0.15) is 0 Å². The molecule has 0 radical (unpaired) electrons. The molecular formula is C8H9N3O3. The zero-order valence-corrected chi connectivity index (χ0v) is 7.10. The number of aromatic hydroxyl groups is 2. The van der Waals surface area contributed by atoms with E-state index in [1.165, 1.54) is 0 Å². The van der Waals surface area contributed by atoms with Crippen LogP contribution in [0.15, 0.2) is 29.5 Å². The molecular weight excluding hydrogens is 186 g/mol. The minimum absolute atomic E-state index is 0. The van der Waals surface area contributed by atoms with Gasteiger partial charge in [0, 0.05) is 5.39 Å². The minimum Gasteiger partial charge on any atom is -0.503 e. The van der Waals surface area contributed by atoms with Crippen LogP contribution in [0.3, 0.4) is 0 Å². The van der Waals surface area contributed by atoms with Gasteiger partial charge in [-0.3, -0.25) is 0 Å². The Bertz CT molecular complexity index is 478. The molecule has 0 aliphatic heterocycles. The summed E-state index contributed by atoms with van der Waals surface area (Å²) < 4.78 is 0.963. The number of nitrogens with one attached hydrogen (secondary N) is 1. The fourth-order valence-corrected chi connectivity index (χ4v) is 1.29. The first-order valence-electron chi connectivity index (χ1n) is 3.65. The topological polar surface area (TPSA) is 113 Å². The summed E-state index contributed by atoms with van der Waals surface area (Å²) in [5, 5.41) is 22.3. The quantitative estimate of drug-likeness (QED) is 0.590. The van der Waals surface area contributed by atoms with Gasteiger partial charge in [-0.25, -0.2) is 0 Å². The van der Waals surface area contributed by atoms with Crippen LogP contribution in [0, 0.1) is 5.53 Å². The molecule has 6 nitrogen and oxygen atoms in total. The molecule has 2 aromatic rings. The second kappa shape index (κ2) is 3.35. The summed E-state index contributed by atoms with van der Waals surface area (Å²) in [5.74, 6) is -0.650. The van der Waals surface area contributed by atoms with Gasteiger partial charge in [0.2, 0.25) is 0 Å². The first-order valence-corrected chi connectivity index (χ1v) is 3.65. The van der Waals surface area contributed by atoms with Gasteiger partial charge in [-0.05, 0) is 12.1 Å². The zero-order valence-electron chi connectivity index (χ0n) is 7.10. The Morgan fingerprint density at radius 2 is 1.86 bits per heavy atom. The summed E-state index contributed by atoms with van der Waals surface area (Å²) in [6.07, 6.45) is 0. The Hall–Kier alpha value is -2.08. The molecule has 74 valence electrons. The first-order chi connectivity index (χ1) is 6.25. The number of nitrogens with zero attached hydrogens (tertiary/aromatic N) is 2. The molecule has 1 aromatic heterocycles. The summed E-state index contributed by atoms with van der Waals surface area (Å²) >= 11 is 0. The zero-order chi connectivity index (χ0) is 9.42. The van der Waals surface area contributed by atoms with Crippen molar-refractivity contribution in [2.45, 2.75) is 0 Å². The van der Waals surface area contributed by atoms with Crippen molar-refractivity contribution in [3.05, 3.63) is 24.3 Å². The van der Waals surface area contributed by atoms with Gasteiger partial charge in [-0.2, -0.15) is 10.2 Å². The van der Waals surface area contributed by atoms with Crippen LogP contribution < -0.4 is 0 Å². The number of hydrogen-bond acceptors (Lipinski definition) is 4. The summed E-state index contributed by atoms with van der Waals surface area (Å²) in [5.41, 5.74) is 7.30. The smallest absolute Gasteiger partial charge is 0.258 e. The van der Waals surface area contributed by atoms with E-state index in [1.54, 1.807) is 24.3 Å². The van der Waals surface area contributed by atoms with Gasteiger partial charge in [-0.1, -0.05) is 17.4 Å². The van der Waals surface area contributed by atoms with Gasteiger partial charge >= 0.3 is 0 Å². The fourth-order valence-electron chi connectivity index (χ4n) is 1.29. The lowest BCUT2D eigenvalue weighted by atomic mass is 10.2. The standard InChI is InChI=1S/C8H7N3O2.H2O/c9-10-11-6-4-2-1-3-5(6)7(12)8(11)13;/h1-4,9,12-13H;1H2. The lowest BCUT2D eigenvalue weighted by Crippen LogP contribution is -1.83. The van der Waals surface area contributed by atoms with Crippen LogP contribution in [-0.4, -0.2) is 20.4 Å². The lowest BCUT2D eigenvalue weighted by Gasteiger charge is -1.93. The SMILES string of the molecule is N=Nn1c(O)c(O)c2ccccc21.O. The van der Waals surface area contributed by atoms with E-state index in [2.05, 4.69) is 5.22 Å². The van der Waals surface area contributed by atoms with Crippen LogP contribution in [-0.2, 0) is 0 Å². The number of hydrogen-bond donors (Lipinski definition) is 3. The molecule has 0 spiro atoms. The van der Waals surface area contributed by atoms with E-state index < -0.39 is 5.88 Å². The number of benzene rings is 1. The number of para-hydroxylation sites is 1. The van der Waals surface area contributed by atoms with E-state index in [9.17, 15) is 10.2 Å². The van der Waals surface area contributed by atoms with Crippen molar-refractivity contribution in [2.75, 3.05) is 0 Å². The highest BCUT2D eigenvalue weighted by Crippen LogP contribution is 2.36. The Kier molecular flexibility index (Phi) is 2.39. The maximum Gasteiger partial charge on any atom is 0.258 e. The van der Waals surface area contributed by atoms with Crippen LogP contribution in [0.4, 0.5) is 0 Å². The molecule has 0 unspecified atom stereocenters. The third kappa shape index (κ3) is 1.09. The molecule has 0 saturated heterocycles. The van der Waals surface area contributed by atoms with Crippen molar-refractivity contribution in [2.24, 2.45) is 5.22 Å². The van der Waals surface area contributed by atoms with Crippen molar-refractivity contribution in [3.63, 3.8) is 0 Å². The molecule has 1 heterocycles. The van der Waals surface area contributed by atoms with Gasteiger partial charge in [-0.15, -0.1) is 0 Å². The summed E-state index contributed by atoms with van der Waals surface area (Å²) in [7, 11) is 0. The van der Waals surface area contributed by atoms with E-state index in [-0.39, 0.29) is 11.2 Å². The maximum absolute atomic E-state index is 9.40. The van der Waals surface area contributed by atoms with Gasteiger partial charge in [0.25, 0.3) is 5.88 Å². The predicted octanol–water partition coefficient (Wildman–Crippen LogP) is 1.02. The van der Waals surface area contributed by atoms with Crippen molar-refractivity contribution in [1.82, 2.24) is 4.68 Å². The third-order valence-corrected chi connectivity index (χ3v) is 1.90. The van der Waals surface area contributed by atoms with Gasteiger partial charge in [0.15, 0.2) is 5.75 Å². The second-order valence-corrected chi connectivity index (χ2v) is 2.60. The van der Waals surface area contributed by atoms with Crippen molar-refractivity contribution >= 4 is 10.9 Å². The molecule has 0 aliphatic carbocycles. The second-order valence-electron chi connectivity index (χ2n) is 2.60. The molecule has 0 fully saturated rings. The largest absolute Gasteiger partial charge is 0.503 e. The normalized spacial score (nSPS) is 9.71. The molecule has 5 N–H and O–H groups in total. The summed E-state index contributed by atoms with van der Waals surface area (Å²) in [6, 6.07) is 6.78. The highest BCUT2D eigenvalue weighted by Gasteiger charge is 2.14. The molecule has 0 atom stereocenters. The Morgan fingerprint density at radius 3 is 2.50 bits per heavy atom. The molecule has 2 rings (SSSR count). The monoisotopic (exact) mass is 195 g/mol. The molecule has 0 bridgehead atoms. The Morgan fingerprint density at radius 1 is 1.21 bits per heavy atom. The molecule has 0 saturated carbocycles. The van der Waals surface area contributed by atoms with Crippen LogP contribution >= 0.6 is 0 Å². The maximum atomic E-state index is 9.40. The summed E-state index contributed by atoms with van der Waals surface area (Å²) in [4.78, 5) is 0. The van der Waals surface area contributed by atoms with Crippen LogP contribution in [0.2, 0.25) is 0 Å². The van der Waals surface area contributed by atoms with Crippen molar-refractivity contribution < 1.29 is 15.7 Å². The lowest BCUT2D eigenvalue weighted by molar-refractivity contribution is 0.378. The predicted molar refractivity (Wildman–Crippen MR) is 49.4 cm³/mol. The number of aromatic nitrogens is 1. The van der Waals surface area contributed by atoms with E-state index in [0.29, 0.717) is 10.9 Å². The average molecular weight is 195 g/mol. The third-order valence-electron chi connectivity index (χ3n) is 1.90. The van der Waals surface area contributed by atoms with Crippen LogP contribution in [0.25, 0.3) is 10.9 Å². The molecule has 14 heavy (non-hydrogen) atoms. The Balaban J connectivity index is 0.000000980. The highest BCUT2D eigenvalue weighted by molar-refractivity contribution is 5.89. The minimum atomic E-state index is -0.406. The summed E-state index contributed by atoms with van der Waals surface area (Å²) in [6.45, 7) is 0. The van der Waals surface area contributed by atoms with Crippen molar-refractivity contribution in [3.8, 4) is 11.6 Å². The number of fused-ring (bicyclic) bond motifs is 1. The van der Waals surface area contributed by atoms with E-state index in [4.69, 9.17) is 5.53 Å². The molecule has 6 heteroatoms. The molecule has 1 aromatic carbocycles. The molecule has 0 amide bonds.